The van der Waals surface area contributed by atoms with E-state index in [1.54, 1.807) is 0 Å². The van der Waals surface area contributed by atoms with Crippen LogP contribution in [0.1, 0.15) is 29.2 Å². The minimum absolute atomic E-state index is 0.136. The summed E-state index contributed by atoms with van der Waals surface area (Å²) in [5.74, 6) is 0. The van der Waals surface area contributed by atoms with Crippen LogP contribution in [0.2, 0.25) is 0 Å². The van der Waals surface area contributed by atoms with Gasteiger partial charge >= 0.3 is 0 Å². The standard InChI is InChI=1S/C21H21NO/c1-14-5-4-7-16(11-14)20-13-18(23)12-17-10-9-15-6-2-3-8-19(15)21(17)22-20/h2-11,18,20,22-23H,12-13H2,1H3/t18-,20+/m1/s1. The monoisotopic (exact) mass is 303 g/mol. The fourth-order valence-electron chi connectivity index (χ4n) is 3.61. The lowest BCUT2D eigenvalue weighted by atomic mass is 9.98. The minimum Gasteiger partial charge on any atom is -0.393 e. The van der Waals surface area contributed by atoms with E-state index in [1.165, 1.54) is 33.2 Å². The van der Waals surface area contributed by atoms with Gasteiger partial charge in [0.15, 0.2) is 0 Å². The van der Waals surface area contributed by atoms with E-state index < -0.39 is 0 Å². The maximum atomic E-state index is 10.5. The van der Waals surface area contributed by atoms with Crippen LogP contribution in [0.5, 0.6) is 0 Å². The second-order valence-corrected chi connectivity index (χ2v) is 6.53. The third kappa shape index (κ3) is 2.71. The highest BCUT2D eigenvalue weighted by Gasteiger charge is 2.24. The van der Waals surface area contributed by atoms with Crippen molar-refractivity contribution in [1.82, 2.24) is 0 Å². The Morgan fingerprint density at radius 3 is 2.74 bits per heavy atom. The Bertz CT molecular complexity index is 855. The van der Waals surface area contributed by atoms with Gasteiger partial charge in [0.05, 0.1) is 12.1 Å². The summed E-state index contributed by atoms with van der Waals surface area (Å²) in [7, 11) is 0. The summed E-state index contributed by atoms with van der Waals surface area (Å²) in [6.45, 7) is 2.11. The molecule has 116 valence electrons. The number of aliphatic hydroxyl groups is 1. The minimum atomic E-state index is -0.324. The first-order valence-electron chi connectivity index (χ1n) is 8.22. The Labute approximate surface area is 136 Å². The number of rotatable bonds is 1. The summed E-state index contributed by atoms with van der Waals surface area (Å²) in [5, 5.41) is 16.7. The first-order valence-corrected chi connectivity index (χ1v) is 8.22. The SMILES string of the molecule is Cc1cccc([C@@H]2C[C@H](O)Cc3ccc4ccccc4c3N2)c1. The number of fused-ring (bicyclic) bond motifs is 3. The van der Waals surface area contributed by atoms with Crippen LogP contribution >= 0.6 is 0 Å². The first kappa shape index (κ1) is 14.3. The number of aliphatic hydroxyl groups excluding tert-OH is 1. The van der Waals surface area contributed by atoms with Crippen molar-refractivity contribution in [2.45, 2.75) is 31.9 Å². The highest BCUT2D eigenvalue weighted by atomic mass is 16.3. The molecule has 1 aliphatic heterocycles. The molecule has 2 nitrogen and oxygen atoms in total. The molecule has 2 atom stereocenters. The fraction of sp³-hybridized carbons (Fsp3) is 0.238. The van der Waals surface area contributed by atoms with E-state index in [0.717, 1.165) is 6.42 Å². The van der Waals surface area contributed by atoms with Crippen molar-refractivity contribution in [3.8, 4) is 0 Å². The van der Waals surface area contributed by atoms with Gasteiger partial charge in [-0.2, -0.15) is 0 Å². The molecule has 1 heterocycles. The van der Waals surface area contributed by atoms with E-state index >= 15 is 0 Å². The zero-order valence-corrected chi connectivity index (χ0v) is 13.3. The van der Waals surface area contributed by atoms with Crippen molar-refractivity contribution in [2.75, 3.05) is 5.32 Å². The summed E-state index contributed by atoms with van der Waals surface area (Å²) in [6, 6.07) is 21.4. The number of nitrogens with one attached hydrogen (secondary N) is 1. The van der Waals surface area contributed by atoms with Crippen LogP contribution in [0.25, 0.3) is 10.8 Å². The summed E-state index contributed by atoms with van der Waals surface area (Å²) in [5.41, 5.74) is 4.86. The van der Waals surface area contributed by atoms with Crippen molar-refractivity contribution in [1.29, 1.82) is 0 Å². The van der Waals surface area contributed by atoms with Crippen molar-refractivity contribution in [3.05, 3.63) is 77.4 Å². The molecule has 0 aromatic heterocycles. The van der Waals surface area contributed by atoms with Gasteiger partial charge in [-0.05, 0) is 29.9 Å². The normalized spacial score (nSPS) is 20.6. The van der Waals surface area contributed by atoms with E-state index in [9.17, 15) is 5.11 Å². The molecule has 23 heavy (non-hydrogen) atoms. The molecule has 3 aromatic rings. The molecular weight excluding hydrogens is 282 g/mol. The maximum absolute atomic E-state index is 10.5. The predicted molar refractivity (Wildman–Crippen MR) is 95.8 cm³/mol. The molecule has 0 spiro atoms. The molecule has 3 aromatic carbocycles. The summed E-state index contributed by atoms with van der Waals surface area (Å²) >= 11 is 0. The Morgan fingerprint density at radius 2 is 1.87 bits per heavy atom. The second-order valence-electron chi connectivity index (χ2n) is 6.53. The quantitative estimate of drug-likeness (QED) is 0.688. The van der Waals surface area contributed by atoms with Gasteiger partial charge in [0.2, 0.25) is 0 Å². The summed E-state index contributed by atoms with van der Waals surface area (Å²) in [6.07, 6.45) is 1.11. The van der Waals surface area contributed by atoms with Gasteiger partial charge in [0.25, 0.3) is 0 Å². The van der Waals surface area contributed by atoms with Crippen LogP contribution in [0.4, 0.5) is 5.69 Å². The molecule has 2 N–H and O–H groups in total. The van der Waals surface area contributed by atoms with Crippen LogP contribution in [-0.4, -0.2) is 11.2 Å². The maximum Gasteiger partial charge on any atom is 0.0604 e. The molecule has 0 aliphatic carbocycles. The number of anilines is 1. The number of hydrogen-bond donors (Lipinski definition) is 2. The van der Waals surface area contributed by atoms with Crippen molar-refractivity contribution < 1.29 is 5.11 Å². The molecule has 2 heteroatoms. The molecule has 0 fully saturated rings. The zero-order chi connectivity index (χ0) is 15.8. The molecule has 0 saturated carbocycles. The highest BCUT2D eigenvalue weighted by molar-refractivity contribution is 5.95. The third-order valence-electron chi connectivity index (χ3n) is 4.74. The smallest absolute Gasteiger partial charge is 0.0604 e. The van der Waals surface area contributed by atoms with Gasteiger partial charge in [-0.15, -0.1) is 0 Å². The van der Waals surface area contributed by atoms with Gasteiger partial charge < -0.3 is 10.4 Å². The van der Waals surface area contributed by atoms with E-state index in [0.29, 0.717) is 6.42 Å². The molecule has 0 bridgehead atoms. The molecule has 1 aliphatic rings. The molecule has 0 amide bonds. The average molecular weight is 303 g/mol. The van der Waals surface area contributed by atoms with Gasteiger partial charge in [0.1, 0.15) is 0 Å². The Hall–Kier alpha value is -2.32. The van der Waals surface area contributed by atoms with E-state index in [1.807, 2.05) is 0 Å². The van der Waals surface area contributed by atoms with Crippen LogP contribution in [0.3, 0.4) is 0 Å². The molecule has 0 radical (unpaired) electrons. The zero-order valence-electron chi connectivity index (χ0n) is 13.3. The van der Waals surface area contributed by atoms with Crippen molar-refractivity contribution >= 4 is 16.5 Å². The van der Waals surface area contributed by atoms with Crippen LogP contribution in [0, 0.1) is 6.92 Å². The van der Waals surface area contributed by atoms with Crippen LogP contribution in [0.15, 0.2) is 60.7 Å². The Kier molecular flexibility index (Phi) is 3.55. The van der Waals surface area contributed by atoms with Gasteiger partial charge in [-0.1, -0.05) is 66.2 Å². The van der Waals surface area contributed by atoms with Gasteiger partial charge in [0, 0.05) is 17.5 Å². The fourth-order valence-corrected chi connectivity index (χ4v) is 3.61. The second kappa shape index (κ2) is 5.71. The van der Waals surface area contributed by atoms with Crippen LogP contribution < -0.4 is 5.32 Å². The van der Waals surface area contributed by atoms with E-state index in [4.69, 9.17) is 0 Å². The highest BCUT2D eigenvalue weighted by Crippen LogP contribution is 2.36. The lowest BCUT2D eigenvalue weighted by Gasteiger charge is -2.21. The molecule has 0 unspecified atom stereocenters. The lowest BCUT2D eigenvalue weighted by Crippen LogP contribution is -2.16. The molecule has 4 rings (SSSR count). The first-order chi connectivity index (χ1) is 11.2. The third-order valence-corrected chi connectivity index (χ3v) is 4.74. The average Bonchev–Trinajstić information content (AvgIpc) is 2.73. The largest absolute Gasteiger partial charge is 0.393 e. The Morgan fingerprint density at radius 1 is 1.00 bits per heavy atom. The van der Waals surface area contributed by atoms with Crippen molar-refractivity contribution in [2.24, 2.45) is 0 Å². The van der Waals surface area contributed by atoms with E-state index in [2.05, 4.69) is 72.9 Å². The Balaban J connectivity index is 1.83. The van der Waals surface area contributed by atoms with E-state index in [-0.39, 0.29) is 12.1 Å². The lowest BCUT2D eigenvalue weighted by molar-refractivity contribution is 0.161. The van der Waals surface area contributed by atoms with Gasteiger partial charge in [-0.3, -0.25) is 0 Å². The number of benzene rings is 3. The number of aryl methyl sites for hydroxylation is 1. The van der Waals surface area contributed by atoms with Gasteiger partial charge in [-0.25, -0.2) is 0 Å². The summed E-state index contributed by atoms with van der Waals surface area (Å²) < 4.78 is 0. The summed E-state index contributed by atoms with van der Waals surface area (Å²) in [4.78, 5) is 0. The van der Waals surface area contributed by atoms with Crippen molar-refractivity contribution in [3.63, 3.8) is 0 Å². The van der Waals surface area contributed by atoms with Crippen LogP contribution in [-0.2, 0) is 6.42 Å². The number of hydrogen-bond acceptors (Lipinski definition) is 2. The topological polar surface area (TPSA) is 32.3 Å². The molecule has 0 saturated heterocycles. The molecular formula is C21H21NO. The predicted octanol–water partition coefficient (Wildman–Crippen LogP) is 4.61.